The Labute approximate surface area is 157 Å². The minimum atomic E-state index is -1.04. The SMILES string of the molecule is O=C(CCc1nnc(-c2ccc(F)c(F)c2)[nH]c1=O)NCCc1cccs1. The van der Waals surface area contributed by atoms with Gasteiger partial charge in [-0.1, -0.05) is 6.07 Å². The van der Waals surface area contributed by atoms with E-state index in [0.29, 0.717) is 6.54 Å². The van der Waals surface area contributed by atoms with E-state index >= 15 is 0 Å². The number of carbonyl (C=O) groups excluding carboxylic acids is 1. The molecule has 0 aliphatic carbocycles. The van der Waals surface area contributed by atoms with Crippen LogP contribution in [0.4, 0.5) is 8.78 Å². The van der Waals surface area contributed by atoms with Crippen LogP contribution in [0.25, 0.3) is 11.4 Å². The quantitative estimate of drug-likeness (QED) is 0.649. The van der Waals surface area contributed by atoms with Crippen LogP contribution in [0.2, 0.25) is 0 Å². The van der Waals surface area contributed by atoms with Gasteiger partial charge in [-0.05, 0) is 36.1 Å². The van der Waals surface area contributed by atoms with Crippen molar-refractivity contribution in [2.45, 2.75) is 19.3 Å². The molecule has 0 saturated carbocycles. The molecule has 2 N–H and O–H groups in total. The number of amides is 1. The Bertz CT molecular complexity index is 989. The predicted octanol–water partition coefficient (Wildman–Crippen LogP) is 2.46. The first-order valence-electron chi connectivity index (χ1n) is 8.23. The standard InChI is InChI=1S/C18H16F2N4O2S/c19-13-4-3-11(10-14(13)20)17-22-18(26)15(23-24-17)5-6-16(25)21-8-7-12-2-1-9-27-12/h1-4,9-10H,5-8H2,(H,21,25)(H,22,24,26). The molecule has 0 aliphatic heterocycles. The molecule has 0 aliphatic rings. The Morgan fingerprint density at radius 3 is 2.70 bits per heavy atom. The minimum Gasteiger partial charge on any atom is -0.356 e. The highest BCUT2D eigenvalue weighted by Gasteiger charge is 2.11. The molecule has 1 aromatic carbocycles. The molecule has 0 saturated heterocycles. The molecule has 0 atom stereocenters. The van der Waals surface area contributed by atoms with Crippen LogP contribution >= 0.6 is 11.3 Å². The number of hydrogen-bond donors (Lipinski definition) is 2. The van der Waals surface area contributed by atoms with Crippen LogP contribution < -0.4 is 10.9 Å². The average Bonchev–Trinajstić information content (AvgIpc) is 3.16. The molecule has 2 aromatic heterocycles. The van der Waals surface area contributed by atoms with Crippen LogP contribution in [0.5, 0.6) is 0 Å². The lowest BCUT2D eigenvalue weighted by atomic mass is 10.2. The molecular weight excluding hydrogens is 374 g/mol. The van der Waals surface area contributed by atoms with Crippen molar-refractivity contribution in [3.63, 3.8) is 0 Å². The zero-order valence-electron chi connectivity index (χ0n) is 14.2. The monoisotopic (exact) mass is 390 g/mol. The van der Waals surface area contributed by atoms with Gasteiger partial charge in [-0.15, -0.1) is 21.5 Å². The number of thiophene rings is 1. The van der Waals surface area contributed by atoms with Crippen LogP contribution in [0.1, 0.15) is 17.0 Å². The lowest BCUT2D eigenvalue weighted by Gasteiger charge is -2.05. The minimum absolute atomic E-state index is 0.0306. The first kappa shape index (κ1) is 18.8. The number of halogens is 2. The Morgan fingerprint density at radius 2 is 2.00 bits per heavy atom. The molecule has 3 rings (SSSR count). The lowest BCUT2D eigenvalue weighted by Crippen LogP contribution is -2.27. The van der Waals surface area contributed by atoms with Gasteiger partial charge in [-0.25, -0.2) is 8.78 Å². The summed E-state index contributed by atoms with van der Waals surface area (Å²) in [5, 5.41) is 12.4. The number of nitrogens with zero attached hydrogens (tertiary/aromatic N) is 2. The summed E-state index contributed by atoms with van der Waals surface area (Å²) in [6, 6.07) is 7.12. The molecule has 0 spiro atoms. The fraction of sp³-hybridized carbons (Fsp3) is 0.222. The van der Waals surface area contributed by atoms with Crippen molar-refractivity contribution in [2.24, 2.45) is 0 Å². The second-order valence-corrected chi connectivity index (χ2v) is 6.79. The maximum Gasteiger partial charge on any atom is 0.273 e. The van der Waals surface area contributed by atoms with Crippen LogP contribution in [0.3, 0.4) is 0 Å². The summed E-state index contributed by atoms with van der Waals surface area (Å²) in [7, 11) is 0. The molecule has 9 heteroatoms. The highest BCUT2D eigenvalue weighted by atomic mass is 32.1. The largest absolute Gasteiger partial charge is 0.356 e. The van der Waals surface area contributed by atoms with Crippen molar-refractivity contribution in [3.8, 4) is 11.4 Å². The summed E-state index contributed by atoms with van der Waals surface area (Å²) in [5.74, 6) is -2.19. The fourth-order valence-electron chi connectivity index (χ4n) is 2.40. The summed E-state index contributed by atoms with van der Waals surface area (Å²) < 4.78 is 26.3. The smallest absolute Gasteiger partial charge is 0.273 e. The molecule has 1 amide bonds. The van der Waals surface area contributed by atoms with E-state index in [0.717, 1.165) is 18.6 Å². The number of hydrogen-bond acceptors (Lipinski definition) is 5. The van der Waals surface area contributed by atoms with Crippen LogP contribution in [-0.2, 0) is 17.6 Å². The first-order valence-corrected chi connectivity index (χ1v) is 9.11. The van der Waals surface area contributed by atoms with Gasteiger partial charge in [0.05, 0.1) is 0 Å². The molecule has 2 heterocycles. The maximum atomic E-state index is 13.3. The number of H-pyrrole nitrogens is 1. The zero-order chi connectivity index (χ0) is 19.2. The van der Waals surface area contributed by atoms with Crippen molar-refractivity contribution >= 4 is 17.2 Å². The molecule has 3 aromatic rings. The molecule has 0 fully saturated rings. The molecule has 140 valence electrons. The van der Waals surface area contributed by atoms with E-state index in [9.17, 15) is 18.4 Å². The number of benzene rings is 1. The number of nitrogens with one attached hydrogen (secondary N) is 2. The van der Waals surface area contributed by atoms with E-state index in [1.165, 1.54) is 10.9 Å². The Kier molecular flexibility index (Phi) is 6.02. The number of aromatic nitrogens is 3. The van der Waals surface area contributed by atoms with E-state index in [2.05, 4.69) is 20.5 Å². The van der Waals surface area contributed by atoms with Crippen molar-refractivity contribution in [3.05, 3.63) is 68.3 Å². The van der Waals surface area contributed by atoms with E-state index in [1.807, 2.05) is 17.5 Å². The van der Waals surface area contributed by atoms with Gasteiger partial charge in [0.25, 0.3) is 5.56 Å². The lowest BCUT2D eigenvalue weighted by molar-refractivity contribution is -0.121. The van der Waals surface area contributed by atoms with Gasteiger partial charge in [-0.3, -0.25) is 9.59 Å². The summed E-state index contributed by atoms with van der Waals surface area (Å²) in [6.07, 6.45) is 0.991. The van der Waals surface area contributed by atoms with Gasteiger partial charge in [0, 0.05) is 29.8 Å². The number of carbonyl (C=O) groups is 1. The first-order chi connectivity index (χ1) is 13.0. The highest BCUT2D eigenvalue weighted by molar-refractivity contribution is 7.09. The zero-order valence-corrected chi connectivity index (χ0v) is 15.0. The summed E-state index contributed by atoms with van der Waals surface area (Å²) in [6.45, 7) is 0.524. The van der Waals surface area contributed by atoms with E-state index in [-0.39, 0.29) is 35.8 Å². The normalized spacial score (nSPS) is 10.7. The van der Waals surface area contributed by atoms with Gasteiger partial charge in [0.2, 0.25) is 5.91 Å². The third kappa shape index (κ3) is 5.04. The Morgan fingerprint density at radius 1 is 1.15 bits per heavy atom. The summed E-state index contributed by atoms with van der Waals surface area (Å²) in [4.78, 5) is 27.6. The molecular formula is C18H16F2N4O2S. The molecule has 0 unspecified atom stereocenters. The number of aryl methyl sites for hydroxylation is 1. The predicted molar refractivity (Wildman–Crippen MR) is 97.4 cm³/mol. The Balaban J connectivity index is 1.55. The van der Waals surface area contributed by atoms with Crippen LogP contribution in [0.15, 0.2) is 40.5 Å². The summed E-state index contributed by atoms with van der Waals surface area (Å²) in [5.41, 5.74) is -0.206. The van der Waals surface area contributed by atoms with Gasteiger partial charge >= 0.3 is 0 Å². The fourth-order valence-corrected chi connectivity index (χ4v) is 3.11. The van der Waals surface area contributed by atoms with Crippen molar-refractivity contribution in [1.82, 2.24) is 20.5 Å². The Hall–Kier alpha value is -2.94. The van der Waals surface area contributed by atoms with Crippen LogP contribution in [-0.4, -0.2) is 27.6 Å². The van der Waals surface area contributed by atoms with Gasteiger partial charge in [0.15, 0.2) is 17.5 Å². The second kappa shape index (κ2) is 8.63. The highest BCUT2D eigenvalue weighted by Crippen LogP contribution is 2.16. The number of rotatable bonds is 7. The van der Waals surface area contributed by atoms with E-state index < -0.39 is 17.2 Å². The third-order valence-electron chi connectivity index (χ3n) is 3.82. The van der Waals surface area contributed by atoms with Gasteiger partial charge < -0.3 is 10.3 Å². The van der Waals surface area contributed by atoms with E-state index in [1.54, 1.807) is 11.3 Å². The van der Waals surface area contributed by atoms with Crippen molar-refractivity contribution < 1.29 is 13.6 Å². The van der Waals surface area contributed by atoms with E-state index in [4.69, 9.17) is 0 Å². The van der Waals surface area contributed by atoms with Crippen LogP contribution in [0, 0.1) is 11.6 Å². The number of aromatic amines is 1. The van der Waals surface area contributed by atoms with Crippen molar-refractivity contribution in [2.75, 3.05) is 6.54 Å². The molecule has 0 bridgehead atoms. The molecule has 27 heavy (non-hydrogen) atoms. The topological polar surface area (TPSA) is 87.7 Å². The molecule has 6 nitrogen and oxygen atoms in total. The summed E-state index contributed by atoms with van der Waals surface area (Å²) >= 11 is 1.63. The third-order valence-corrected chi connectivity index (χ3v) is 4.76. The second-order valence-electron chi connectivity index (χ2n) is 5.76. The maximum absolute atomic E-state index is 13.3. The van der Waals surface area contributed by atoms with Crippen molar-refractivity contribution in [1.29, 1.82) is 0 Å². The molecule has 0 radical (unpaired) electrons. The average molecular weight is 390 g/mol. The van der Waals surface area contributed by atoms with Gasteiger partial charge in [0.1, 0.15) is 5.69 Å². The van der Waals surface area contributed by atoms with Gasteiger partial charge in [-0.2, -0.15) is 0 Å².